The van der Waals surface area contributed by atoms with Crippen molar-refractivity contribution in [1.82, 2.24) is 4.90 Å². The molecule has 2 aliphatic heterocycles. The SMILES string of the molecule is COc1ccccc1N1CCN(C(=O)CN2C(=O)C(C)Oc3ccc(C(C)=O)cc32)CC1. The van der Waals surface area contributed by atoms with E-state index >= 15 is 0 Å². The Bertz CT molecular complexity index is 1050. The summed E-state index contributed by atoms with van der Waals surface area (Å²) in [6.07, 6.45) is -0.694. The van der Waals surface area contributed by atoms with Gasteiger partial charge in [0, 0.05) is 31.7 Å². The lowest BCUT2D eigenvalue weighted by Crippen LogP contribution is -2.54. The lowest BCUT2D eigenvalue weighted by molar-refractivity contribution is -0.133. The molecule has 8 nitrogen and oxygen atoms in total. The maximum Gasteiger partial charge on any atom is 0.268 e. The quantitative estimate of drug-likeness (QED) is 0.669. The fourth-order valence-electron chi connectivity index (χ4n) is 4.11. The number of ketones is 1. The Kier molecular flexibility index (Phi) is 6.03. The molecule has 2 heterocycles. The lowest BCUT2D eigenvalue weighted by atomic mass is 10.1. The maximum absolute atomic E-state index is 13.1. The third-order valence-corrected chi connectivity index (χ3v) is 5.93. The van der Waals surface area contributed by atoms with Crippen LogP contribution in [0.3, 0.4) is 0 Å². The molecule has 0 saturated carbocycles. The molecule has 1 atom stereocenters. The van der Waals surface area contributed by atoms with Gasteiger partial charge in [0.1, 0.15) is 18.0 Å². The largest absolute Gasteiger partial charge is 0.495 e. The van der Waals surface area contributed by atoms with Gasteiger partial charge in [-0.3, -0.25) is 19.3 Å². The van der Waals surface area contributed by atoms with E-state index < -0.39 is 6.10 Å². The van der Waals surface area contributed by atoms with Crippen molar-refractivity contribution in [3.05, 3.63) is 48.0 Å². The van der Waals surface area contributed by atoms with Gasteiger partial charge in [0.25, 0.3) is 5.91 Å². The Morgan fingerprint density at radius 2 is 1.78 bits per heavy atom. The number of anilines is 2. The van der Waals surface area contributed by atoms with Crippen LogP contribution < -0.4 is 19.3 Å². The van der Waals surface area contributed by atoms with Gasteiger partial charge in [0.2, 0.25) is 5.91 Å². The second-order valence-corrected chi connectivity index (χ2v) is 7.96. The number of ether oxygens (including phenoxy) is 2. The number of piperazine rings is 1. The smallest absolute Gasteiger partial charge is 0.268 e. The zero-order valence-corrected chi connectivity index (χ0v) is 18.5. The average Bonchev–Trinajstić information content (AvgIpc) is 2.81. The van der Waals surface area contributed by atoms with Gasteiger partial charge in [-0.2, -0.15) is 0 Å². The molecular formula is C24H27N3O5. The van der Waals surface area contributed by atoms with E-state index in [1.165, 1.54) is 11.8 Å². The Hall–Kier alpha value is -3.55. The maximum atomic E-state index is 13.1. The van der Waals surface area contributed by atoms with Gasteiger partial charge in [-0.1, -0.05) is 12.1 Å². The highest BCUT2D eigenvalue weighted by Gasteiger charge is 2.34. The van der Waals surface area contributed by atoms with Gasteiger partial charge < -0.3 is 19.3 Å². The molecule has 4 rings (SSSR count). The predicted octanol–water partition coefficient (Wildman–Crippen LogP) is 2.36. The van der Waals surface area contributed by atoms with Crippen LogP contribution in [-0.2, 0) is 9.59 Å². The van der Waals surface area contributed by atoms with E-state index in [-0.39, 0.29) is 24.1 Å². The van der Waals surface area contributed by atoms with Crippen LogP contribution in [-0.4, -0.2) is 68.4 Å². The molecule has 0 spiro atoms. The number of hydrogen-bond donors (Lipinski definition) is 0. The number of fused-ring (bicyclic) bond motifs is 1. The average molecular weight is 437 g/mol. The molecule has 0 aromatic heterocycles. The Balaban J connectivity index is 1.47. The zero-order chi connectivity index (χ0) is 22.8. The molecule has 2 amide bonds. The van der Waals surface area contributed by atoms with Crippen molar-refractivity contribution >= 4 is 29.0 Å². The number of benzene rings is 2. The molecule has 168 valence electrons. The Morgan fingerprint density at radius 1 is 1.06 bits per heavy atom. The molecule has 0 aliphatic carbocycles. The van der Waals surface area contributed by atoms with Gasteiger partial charge in [0.05, 0.1) is 18.5 Å². The van der Waals surface area contributed by atoms with Gasteiger partial charge >= 0.3 is 0 Å². The van der Waals surface area contributed by atoms with Crippen LogP contribution in [0.15, 0.2) is 42.5 Å². The molecule has 0 N–H and O–H groups in total. The van der Waals surface area contributed by atoms with Gasteiger partial charge in [-0.05, 0) is 44.2 Å². The number of Topliss-reactive ketones (excluding diaryl/α,β-unsaturated/α-hetero) is 1. The summed E-state index contributed by atoms with van der Waals surface area (Å²) in [5.41, 5.74) is 1.93. The minimum absolute atomic E-state index is 0.0877. The van der Waals surface area contributed by atoms with E-state index in [9.17, 15) is 14.4 Å². The summed E-state index contributed by atoms with van der Waals surface area (Å²) < 4.78 is 11.1. The van der Waals surface area contributed by atoms with E-state index in [1.54, 1.807) is 37.1 Å². The third-order valence-electron chi connectivity index (χ3n) is 5.93. The van der Waals surface area contributed by atoms with Gasteiger partial charge in [-0.25, -0.2) is 0 Å². The monoisotopic (exact) mass is 437 g/mol. The normalized spacial score (nSPS) is 18.2. The highest BCUT2D eigenvalue weighted by Crippen LogP contribution is 2.35. The fourth-order valence-corrected chi connectivity index (χ4v) is 4.11. The minimum Gasteiger partial charge on any atom is -0.495 e. The molecule has 2 aromatic carbocycles. The van der Waals surface area contributed by atoms with Crippen molar-refractivity contribution in [2.45, 2.75) is 20.0 Å². The van der Waals surface area contributed by atoms with E-state index in [0.29, 0.717) is 43.2 Å². The van der Waals surface area contributed by atoms with E-state index in [1.807, 2.05) is 24.3 Å². The molecule has 1 unspecified atom stereocenters. The van der Waals surface area contributed by atoms with E-state index in [0.717, 1.165) is 11.4 Å². The topological polar surface area (TPSA) is 79.4 Å². The number of carbonyl (C=O) groups is 3. The number of carbonyl (C=O) groups excluding carboxylic acids is 3. The summed E-state index contributed by atoms with van der Waals surface area (Å²) in [7, 11) is 1.65. The molecule has 0 radical (unpaired) electrons. The molecule has 1 saturated heterocycles. The van der Waals surface area contributed by atoms with Crippen LogP contribution in [0.2, 0.25) is 0 Å². The summed E-state index contributed by atoms with van der Waals surface area (Å²) in [6.45, 7) is 5.47. The highest BCUT2D eigenvalue weighted by molar-refractivity contribution is 6.05. The Labute approximate surface area is 187 Å². The second-order valence-electron chi connectivity index (χ2n) is 7.96. The number of methoxy groups -OCH3 is 1. The van der Waals surface area contributed by atoms with Crippen molar-refractivity contribution in [3.8, 4) is 11.5 Å². The summed E-state index contributed by atoms with van der Waals surface area (Å²) >= 11 is 0. The number of para-hydroxylation sites is 2. The molecule has 0 bridgehead atoms. The first-order valence-electron chi connectivity index (χ1n) is 10.7. The van der Waals surface area contributed by atoms with Crippen molar-refractivity contribution in [1.29, 1.82) is 0 Å². The summed E-state index contributed by atoms with van der Waals surface area (Å²) in [4.78, 5) is 43.1. The number of rotatable bonds is 5. The van der Waals surface area contributed by atoms with Crippen LogP contribution in [0.25, 0.3) is 0 Å². The summed E-state index contributed by atoms with van der Waals surface area (Å²) in [5, 5.41) is 0. The summed E-state index contributed by atoms with van der Waals surface area (Å²) in [5.74, 6) is 0.761. The number of amides is 2. The van der Waals surface area contributed by atoms with E-state index in [4.69, 9.17) is 9.47 Å². The summed E-state index contributed by atoms with van der Waals surface area (Å²) in [6, 6.07) is 12.8. The lowest BCUT2D eigenvalue weighted by Gasteiger charge is -2.38. The van der Waals surface area contributed by atoms with Crippen LogP contribution in [0.4, 0.5) is 11.4 Å². The first kappa shape index (κ1) is 21.7. The van der Waals surface area contributed by atoms with Crippen molar-refractivity contribution in [2.75, 3.05) is 49.6 Å². The van der Waals surface area contributed by atoms with E-state index in [2.05, 4.69) is 4.90 Å². The minimum atomic E-state index is -0.694. The molecular weight excluding hydrogens is 410 g/mol. The standard InChI is InChI=1S/C24H27N3O5/c1-16(28)18-8-9-22-20(14-18)27(24(30)17(2)32-22)15-23(29)26-12-10-25(11-13-26)19-6-4-5-7-21(19)31-3/h4-9,14,17H,10-13,15H2,1-3H3. The molecule has 2 aromatic rings. The molecule has 32 heavy (non-hydrogen) atoms. The van der Waals surface area contributed by atoms with Crippen LogP contribution in [0.1, 0.15) is 24.2 Å². The first-order chi connectivity index (χ1) is 15.4. The molecule has 2 aliphatic rings. The van der Waals surface area contributed by atoms with Crippen LogP contribution in [0.5, 0.6) is 11.5 Å². The second kappa shape index (κ2) is 8.90. The van der Waals surface area contributed by atoms with Gasteiger partial charge in [-0.15, -0.1) is 0 Å². The van der Waals surface area contributed by atoms with Gasteiger partial charge in [0.15, 0.2) is 11.9 Å². The highest BCUT2D eigenvalue weighted by atomic mass is 16.5. The Morgan fingerprint density at radius 3 is 2.47 bits per heavy atom. The fraction of sp³-hybridized carbons (Fsp3) is 0.375. The van der Waals surface area contributed by atoms with Crippen molar-refractivity contribution in [3.63, 3.8) is 0 Å². The number of hydrogen-bond acceptors (Lipinski definition) is 6. The third kappa shape index (κ3) is 4.12. The van der Waals surface area contributed by atoms with Crippen LogP contribution in [0, 0.1) is 0 Å². The molecule has 1 fully saturated rings. The van der Waals surface area contributed by atoms with Crippen molar-refractivity contribution < 1.29 is 23.9 Å². The predicted molar refractivity (Wildman–Crippen MR) is 121 cm³/mol. The number of nitrogens with zero attached hydrogens (tertiary/aromatic N) is 3. The first-order valence-corrected chi connectivity index (χ1v) is 10.7. The molecule has 8 heteroatoms. The van der Waals surface area contributed by atoms with Crippen molar-refractivity contribution in [2.24, 2.45) is 0 Å². The zero-order valence-electron chi connectivity index (χ0n) is 18.5. The van der Waals surface area contributed by atoms with Crippen LogP contribution >= 0.6 is 0 Å².